The zero-order chi connectivity index (χ0) is 24.1. The first-order valence-corrected chi connectivity index (χ1v) is 11.9. The van der Waals surface area contributed by atoms with Gasteiger partial charge in [-0.05, 0) is 35.8 Å². The van der Waals surface area contributed by atoms with Gasteiger partial charge < -0.3 is 9.64 Å². The predicted octanol–water partition coefficient (Wildman–Crippen LogP) is 3.48. The minimum Gasteiger partial charge on any atom is -0.452 e. The quantitative estimate of drug-likeness (QED) is 0.447. The summed E-state index contributed by atoms with van der Waals surface area (Å²) >= 11 is 0. The Labute approximate surface area is 189 Å². The lowest BCUT2D eigenvalue weighted by atomic mass is 10.1. The molecule has 1 saturated heterocycles. The number of sulfone groups is 1. The Bertz CT molecular complexity index is 1110. The maximum absolute atomic E-state index is 12.8. The molecule has 0 bridgehead atoms. The number of ether oxygens (including phenoxy) is 1. The van der Waals surface area contributed by atoms with Crippen molar-refractivity contribution >= 4 is 27.8 Å². The Morgan fingerprint density at radius 2 is 1.73 bits per heavy atom. The van der Waals surface area contributed by atoms with Crippen LogP contribution < -0.4 is 0 Å². The smallest absolute Gasteiger partial charge is 0.416 e. The van der Waals surface area contributed by atoms with Crippen molar-refractivity contribution in [2.45, 2.75) is 25.2 Å². The van der Waals surface area contributed by atoms with Crippen molar-refractivity contribution in [3.63, 3.8) is 0 Å². The fraction of sp³-hybridized carbons (Fsp3) is 0.304. The van der Waals surface area contributed by atoms with E-state index in [-0.39, 0.29) is 18.1 Å². The summed E-state index contributed by atoms with van der Waals surface area (Å²) in [6, 6.07) is 12.7. The summed E-state index contributed by atoms with van der Waals surface area (Å²) in [6.45, 7) is -0.404. The fourth-order valence-electron chi connectivity index (χ4n) is 3.43. The highest BCUT2D eigenvalue weighted by atomic mass is 32.2. The molecule has 33 heavy (non-hydrogen) atoms. The van der Waals surface area contributed by atoms with E-state index in [0.717, 1.165) is 23.8 Å². The second kappa shape index (κ2) is 10.2. The summed E-state index contributed by atoms with van der Waals surface area (Å²) in [5, 5.41) is 0. The van der Waals surface area contributed by atoms with Crippen LogP contribution in [0.1, 0.15) is 23.1 Å². The molecule has 176 valence electrons. The second-order valence-corrected chi connectivity index (χ2v) is 9.85. The maximum Gasteiger partial charge on any atom is 0.416 e. The number of nitrogens with zero attached hydrogens (tertiary/aromatic N) is 1. The first kappa shape index (κ1) is 24.5. The molecule has 0 N–H and O–H groups in total. The van der Waals surface area contributed by atoms with Gasteiger partial charge >= 0.3 is 12.1 Å². The third-order valence-corrected chi connectivity index (χ3v) is 6.90. The Morgan fingerprint density at radius 3 is 2.30 bits per heavy atom. The van der Waals surface area contributed by atoms with Gasteiger partial charge in [0, 0.05) is 18.7 Å². The van der Waals surface area contributed by atoms with Crippen LogP contribution in [0, 0.1) is 0 Å². The number of carbonyl (C=O) groups is 2. The highest BCUT2D eigenvalue weighted by Crippen LogP contribution is 2.29. The molecule has 10 heteroatoms. The molecule has 0 aromatic heterocycles. The van der Waals surface area contributed by atoms with Crippen LogP contribution in [-0.2, 0) is 36.9 Å². The molecule has 0 unspecified atom stereocenters. The molecule has 3 rings (SSSR count). The molecule has 1 fully saturated rings. The Balaban J connectivity index is 1.60. The van der Waals surface area contributed by atoms with Gasteiger partial charge in [0.25, 0.3) is 5.91 Å². The van der Waals surface area contributed by atoms with E-state index in [2.05, 4.69) is 0 Å². The van der Waals surface area contributed by atoms with Crippen LogP contribution in [0.2, 0.25) is 0 Å². The van der Waals surface area contributed by atoms with Crippen LogP contribution in [0.4, 0.5) is 13.2 Å². The van der Waals surface area contributed by atoms with Crippen molar-refractivity contribution < 1.29 is 35.9 Å². The summed E-state index contributed by atoms with van der Waals surface area (Å²) in [5.74, 6) is -1.53. The number of rotatable bonds is 7. The van der Waals surface area contributed by atoms with Crippen molar-refractivity contribution in [2.75, 3.05) is 18.1 Å². The van der Waals surface area contributed by atoms with E-state index in [1.165, 1.54) is 23.1 Å². The van der Waals surface area contributed by atoms with E-state index in [1.807, 2.05) is 18.2 Å². The predicted molar refractivity (Wildman–Crippen MR) is 115 cm³/mol. The molecule has 1 amide bonds. The highest BCUT2D eigenvalue weighted by Gasteiger charge is 2.35. The van der Waals surface area contributed by atoms with Gasteiger partial charge in [-0.1, -0.05) is 42.5 Å². The van der Waals surface area contributed by atoms with E-state index in [4.69, 9.17) is 4.74 Å². The van der Waals surface area contributed by atoms with E-state index >= 15 is 0 Å². The summed E-state index contributed by atoms with van der Waals surface area (Å²) in [5.41, 5.74) is 0.358. The number of hydrogen-bond acceptors (Lipinski definition) is 5. The SMILES string of the molecule is O=C(/C=C/c1ccc(C(F)(F)F)cc1)OCC(=O)N(Cc1ccccc1)[C@@H]1CCS(=O)(=O)C1. The highest BCUT2D eigenvalue weighted by molar-refractivity contribution is 7.91. The van der Waals surface area contributed by atoms with E-state index in [0.29, 0.717) is 12.0 Å². The van der Waals surface area contributed by atoms with Gasteiger partial charge in [0.2, 0.25) is 0 Å². The number of halogens is 3. The standard InChI is InChI=1S/C23H22F3NO5S/c24-23(25,26)19-9-6-17(7-10-19)8-11-22(29)32-15-21(28)27(14-18-4-2-1-3-5-18)20-12-13-33(30,31)16-20/h1-11,20H,12-16H2/b11-8+/t20-/m1/s1. The number of esters is 1. The van der Waals surface area contributed by atoms with Crippen molar-refractivity contribution in [2.24, 2.45) is 0 Å². The van der Waals surface area contributed by atoms with Crippen LogP contribution in [0.25, 0.3) is 6.08 Å². The Morgan fingerprint density at radius 1 is 1.06 bits per heavy atom. The van der Waals surface area contributed by atoms with Gasteiger partial charge in [-0.3, -0.25) is 4.79 Å². The zero-order valence-electron chi connectivity index (χ0n) is 17.5. The van der Waals surface area contributed by atoms with Gasteiger partial charge in [-0.25, -0.2) is 13.2 Å². The number of benzene rings is 2. The summed E-state index contributed by atoms with van der Waals surface area (Å²) in [7, 11) is -3.23. The number of alkyl halides is 3. The second-order valence-electron chi connectivity index (χ2n) is 7.62. The van der Waals surface area contributed by atoms with Gasteiger partial charge in [0.15, 0.2) is 16.4 Å². The lowest BCUT2D eigenvalue weighted by Gasteiger charge is -2.28. The molecule has 2 aromatic rings. The van der Waals surface area contributed by atoms with Crippen molar-refractivity contribution in [1.82, 2.24) is 4.90 Å². The van der Waals surface area contributed by atoms with E-state index < -0.39 is 46.1 Å². The van der Waals surface area contributed by atoms with E-state index in [9.17, 15) is 31.2 Å². The van der Waals surface area contributed by atoms with Crippen LogP contribution >= 0.6 is 0 Å². The molecular weight excluding hydrogens is 459 g/mol. The van der Waals surface area contributed by atoms with Gasteiger partial charge in [-0.2, -0.15) is 13.2 Å². The lowest BCUT2D eigenvalue weighted by molar-refractivity contribution is -0.149. The van der Waals surface area contributed by atoms with Crippen molar-refractivity contribution in [3.8, 4) is 0 Å². The molecule has 1 aliphatic heterocycles. The average Bonchev–Trinajstić information content (AvgIpc) is 3.14. The molecule has 1 atom stereocenters. The number of carbonyl (C=O) groups excluding carboxylic acids is 2. The minimum absolute atomic E-state index is 0.00805. The zero-order valence-corrected chi connectivity index (χ0v) is 18.3. The number of hydrogen-bond donors (Lipinski definition) is 0. The van der Waals surface area contributed by atoms with Crippen molar-refractivity contribution in [3.05, 3.63) is 77.4 Å². The van der Waals surface area contributed by atoms with Gasteiger partial charge in [-0.15, -0.1) is 0 Å². The topological polar surface area (TPSA) is 80.8 Å². The first-order chi connectivity index (χ1) is 15.5. The Kier molecular flexibility index (Phi) is 7.57. The molecule has 1 heterocycles. The lowest BCUT2D eigenvalue weighted by Crippen LogP contribution is -2.42. The summed E-state index contributed by atoms with van der Waals surface area (Å²) < 4.78 is 66.6. The molecule has 0 radical (unpaired) electrons. The molecular formula is C23H22F3NO5S. The maximum atomic E-state index is 12.8. The van der Waals surface area contributed by atoms with Gasteiger partial charge in [0.05, 0.1) is 17.1 Å². The molecule has 0 saturated carbocycles. The fourth-order valence-corrected chi connectivity index (χ4v) is 5.16. The summed E-state index contributed by atoms with van der Waals surface area (Å²) in [6.07, 6.45) is -1.86. The number of amides is 1. The molecule has 2 aromatic carbocycles. The van der Waals surface area contributed by atoms with Crippen LogP contribution in [0.5, 0.6) is 0 Å². The molecule has 0 spiro atoms. The largest absolute Gasteiger partial charge is 0.452 e. The molecule has 1 aliphatic rings. The van der Waals surface area contributed by atoms with Crippen LogP contribution in [0.3, 0.4) is 0 Å². The van der Waals surface area contributed by atoms with Crippen LogP contribution in [-0.4, -0.2) is 49.3 Å². The third kappa shape index (κ3) is 7.18. The third-order valence-electron chi connectivity index (χ3n) is 5.15. The molecule has 0 aliphatic carbocycles. The molecule has 6 nitrogen and oxygen atoms in total. The minimum atomic E-state index is -4.45. The van der Waals surface area contributed by atoms with Gasteiger partial charge in [0.1, 0.15) is 0 Å². The Hall–Kier alpha value is -3.14. The average molecular weight is 481 g/mol. The van der Waals surface area contributed by atoms with E-state index in [1.54, 1.807) is 12.1 Å². The monoisotopic (exact) mass is 481 g/mol. The normalized spacial score (nSPS) is 17.7. The summed E-state index contributed by atoms with van der Waals surface area (Å²) in [4.78, 5) is 26.2. The first-order valence-electron chi connectivity index (χ1n) is 10.1. The van der Waals surface area contributed by atoms with Crippen molar-refractivity contribution in [1.29, 1.82) is 0 Å². The van der Waals surface area contributed by atoms with Crippen LogP contribution in [0.15, 0.2) is 60.7 Å².